The largest absolute Gasteiger partial charge is 0.317 e. The monoisotopic (exact) mass is 667 g/mol. The summed E-state index contributed by atoms with van der Waals surface area (Å²) >= 11 is 0. The van der Waals surface area contributed by atoms with Crippen LogP contribution in [-0.2, 0) is 0 Å². The van der Waals surface area contributed by atoms with E-state index >= 15 is 0 Å². The summed E-state index contributed by atoms with van der Waals surface area (Å²) < 4.78 is 0. The summed E-state index contributed by atoms with van der Waals surface area (Å²) in [5.41, 5.74) is 0. The van der Waals surface area contributed by atoms with Gasteiger partial charge in [0, 0.05) is 6.04 Å². The molecule has 0 aromatic heterocycles. The molecule has 0 atom stereocenters. The Morgan fingerprint density at radius 3 is 1.35 bits per heavy atom. The maximum absolute atomic E-state index is 4.02. The first kappa shape index (κ1) is 44.9. The SMILES string of the molecule is CCCCC/C=C\C/C=C\CCCCCCCCC(CCCCCCCC/C=C\C/C=C\CCCCC)NCCCCC1CCNCC1. The molecule has 48 heavy (non-hydrogen) atoms. The standard InChI is InChI=1S/C46H86N2/c1-3-5-7-9-11-13-15-17-19-21-23-25-27-29-31-33-38-46(48-42-36-35-37-45-40-43-47-44-41-45)39-34-32-30-28-26-24-22-20-18-16-14-12-10-8-6-4-2/h11-14,17-20,45-48H,3-10,15-16,21-44H2,1-2H3/b13-11-,14-12-,19-17-,20-18-. The summed E-state index contributed by atoms with van der Waals surface area (Å²) in [6.45, 7) is 8.28. The first-order valence-electron chi connectivity index (χ1n) is 21.9. The summed E-state index contributed by atoms with van der Waals surface area (Å²) in [5.74, 6) is 0.985. The first-order valence-corrected chi connectivity index (χ1v) is 21.9. The number of rotatable bonds is 36. The van der Waals surface area contributed by atoms with Crippen LogP contribution in [0.3, 0.4) is 0 Å². The van der Waals surface area contributed by atoms with E-state index in [9.17, 15) is 0 Å². The van der Waals surface area contributed by atoms with Crippen molar-refractivity contribution in [3.63, 3.8) is 0 Å². The van der Waals surface area contributed by atoms with Crippen LogP contribution < -0.4 is 10.6 Å². The van der Waals surface area contributed by atoms with Crippen LogP contribution in [0, 0.1) is 5.92 Å². The lowest BCUT2D eigenvalue weighted by Crippen LogP contribution is -2.30. The molecule has 0 spiro atoms. The van der Waals surface area contributed by atoms with E-state index in [0.717, 1.165) is 24.8 Å². The zero-order valence-electron chi connectivity index (χ0n) is 32.8. The van der Waals surface area contributed by atoms with Gasteiger partial charge in [0.25, 0.3) is 0 Å². The lowest BCUT2D eigenvalue weighted by atomic mass is 9.92. The molecule has 2 nitrogen and oxygen atoms in total. The Kier molecular flexibility index (Phi) is 36.2. The molecule has 1 aliphatic heterocycles. The van der Waals surface area contributed by atoms with Crippen LogP contribution in [0.2, 0.25) is 0 Å². The van der Waals surface area contributed by atoms with Crippen molar-refractivity contribution in [2.45, 2.75) is 219 Å². The van der Waals surface area contributed by atoms with Gasteiger partial charge in [0.2, 0.25) is 0 Å². The molecule has 0 bridgehead atoms. The van der Waals surface area contributed by atoms with Crippen molar-refractivity contribution >= 4 is 0 Å². The highest BCUT2D eigenvalue weighted by Crippen LogP contribution is 2.19. The number of hydrogen-bond acceptors (Lipinski definition) is 2. The van der Waals surface area contributed by atoms with Gasteiger partial charge in [-0.05, 0) is 122 Å². The molecule has 1 aliphatic rings. The average Bonchev–Trinajstić information content (AvgIpc) is 3.11. The van der Waals surface area contributed by atoms with E-state index in [0.29, 0.717) is 0 Å². The summed E-state index contributed by atoms with van der Waals surface area (Å²) in [7, 11) is 0. The Hall–Kier alpha value is -1.12. The summed E-state index contributed by atoms with van der Waals surface area (Å²) in [6.07, 6.45) is 61.1. The van der Waals surface area contributed by atoms with Crippen molar-refractivity contribution < 1.29 is 0 Å². The lowest BCUT2D eigenvalue weighted by molar-refractivity contribution is 0.339. The van der Waals surface area contributed by atoms with E-state index in [1.165, 1.54) is 206 Å². The van der Waals surface area contributed by atoms with Crippen LogP contribution in [0.15, 0.2) is 48.6 Å². The van der Waals surface area contributed by atoms with Gasteiger partial charge in [-0.25, -0.2) is 0 Å². The maximum atomic E-state index is 4.02. The molecule has 2 N–H and O–H groups in total. The Labute approximate surface area is 302 Å². The van der Waals surface area contributed by atoms with Crippen LogP contribution in [0.1, 0.15) is 213 Å². The van der Waals surface area contributed by atoms with Crippen LogP contribution >= 0.6 is 0 Å². The molecule has 2 heteroatoms. The Bertz CT molecular complexity index is 680. The van der Waals surface area contributed by atoms with E-state index in [-0.39, 0.29) is 0 Å². The minimum absolute atomic E-state index is 0.751. The van der Waals surface area contributed by atoms with Gasteiger partial charge in [-0.2, -0.15) is 0 Å². The Morgan fingerprint density at radius 1 is 0.479 bits per heavy atom. The molecule has 0 aliphatic carbocycles. The molecule has 1 heterocycles. The molecule has 0 aromatic rings. The highest BCUT2D eigenvalue weighted by molar-refractivity contribution is 4.93. The van der Waals surface area contributed by atoms with Crippen molar-refractivity contribution in [1.82, 2.24) is 10.6 Å². The van der Waals surface area contributed by atoms with Gasteiger partial charge >= 0.3 is 0 Å². The van der Waals surface area contributed by atoms with Crippen LogP contribution in [0.4, 0.5) is 0 Å². The second-order valence-corrected chi connectivity index (χ2v) is 15.1. The number of piperidine rings is 1. The van der Waals surface area contributed by atoms with E-state index in [1.807, 2.05) is 0 Å². The molecule has 0 amide bonds. The van der Waals surface area contributed by atoms with Gasteiger partial charge in [-0.1, -0.05) is 165 Å². The van der Waals surface area contributed by atoms with E-state index in [2.05, 4.69) is 73.1 Å². The fourth-order valence-corrected chi connectivity index (χ4v) is 7.14. The number of unbranched alkanes of at least 4 members (excludes halogenated alkanes) is 19. The molecule has 0 saturated carbocycles. The fraction of sp³-hybridized carbons (Fsp3) is 0.826. The zero-order valence-corrected chi connectivity index (χ0v) is 32.8. The third-order valence-electron chi connectivity index (χ3n) is 10.4. The normalized spacial score (nSPS) is 14.7. The molecule has 1 fully saturated rings. The lowest BCUT2D eigenvalue weighted by Gasteiger charge is -2.23. The fourth-order valence-electron chi connectivity index (χ4n) is 7.14. The Morgan fingerprint density at radius 2 is 0.896 bits per heavy atom. The third-order valence-corrected chi connectivity index (χ3v) is 10.4. The van der Waals surface area contributed by atoms with Gasteiger partial charge < -0.3 is 10.6 Å². The van der Waals surface area contributed by atoms with Crippen molar-refractivity contribution in [2.75, 3.05) is 19.6 Å². The second-order valence-electron chi connectivity index (χ2n) is 15.1. The molecule has 1 saturated heterocycles. The first-order chi connectivity index (χ1) is 23.9. The average molecular weight is 667 g/mol. The number of hydrogen-bond donors (Lipinski definition) is 2. The minimum atomic E-state index is 0.751. The van der Waals surface area contributed by atoms with Crippen molar-refractivity contribution in [1.29, 1.82) is 0 Å². The second kappa shape index (κ2) is 38.7. The number of allylic oxidation sites excluding steroid dienone is 8. The van der Waals surface area contributed by atoms with Crippen molar-refractivity contribution in [3.05, 3.63) is 48.6 Å². The third kappa shape index (κ3) is 33.4. The van der Waals surface area contributed by atoms with Gasteiger partial charge in [0.05, 0.1) is 0 Å². The molecule has 0 radical (unpaired) electrons. The minimum Gasteiger partial charge on any atom is -0.317 e. The zero-order chi connectivity index (χ0) is 34.3. The maximum Gasteiger partial charge on any atom is 0.00670 e. The predicted octanol–water partition coefficient (Wildman–Crippen LogP) is 14.5. The van der Waals surface area contributed by atoms with E-state index in [1.54, 1.807) is 0 Å². The highest BCUT2D eigenvalue weighted by atomic mass is 14.9. The van der Waals surface area contributed by atoms with Gasteiger partial charge in [0.1, 0.15) is 0 Å². The number of nitrogens with one attached hydrogen (secondary N) is 2. The summed E-state index contributed by atoms with van der Waals surface area (Å²) in [6, 6.07) is 0.751. The predicted molar refractivity (Wildman–Crippen MR) is 219 cm³/mol. The van der Waals surface area contributed by atoms with Crippen LogP contribution in [0.25, 0.3) is 0 Å². The quantitative estimate of drug-likeness (QED) is 0.0514. The van der Waals surface area contributed by atoms with Gasteiger partial charge in [-0.15, -0.1) is 0 Å². The van der Waals surface area contributed by atoms with E-state index in [4.69, 9.17) is 0 Å². The molecular weight excluding hydrogens is 581 g/mol. The van der Waals surface area contributed by atoms with Crippen molar-refractivity contribution in [3.8, 4) is 0 Å². The van der Waals surface area contributed by atoms with Gasteiger partial charge in [-0.3, -0.25) is 0 Å². The molecule has 1 rings (SSSR count). The van der Waals surface area contributed by atoms with Gasteiger partial charge in [0.15, 0.2) is 0 Å². The summed E-state index contributed by atoms with van der Waals surface area (Å²) in [4.78, 5) is 0. The molecular formula is C46H86N2. The topological polar surface area (TPSA) is 24.1 Å². The molecule has 280 valence electrons. The van der Waals surface area contributed by atoms with E-state index < -0.39 is 0 Å². The van der Waals surface area contributed by atoms with Crippen molar-refractivity contribution in [2.24, 2.45) is 5.92 Å². The highest BCUT2D eigenvalue weighted by Gasteiger charge is 2.12. The molecule has 0 unspecified atom stereocenters. The summed E-state index contributed by atoms with van der Waals surface area (Å²) in [5, 5.41) is 7.55. The Balaban J connectivity index is 2.11. The molecule has 0 aromatic carbocycles. The van der Waals surface area contributed by atoms with Crippen LogP contribution in [-0.4, -0.2) is 25.7 Å². The van der Waals surface area contributed by atoms with Crippen LogP contribution in [0.5, 0.6) is 0 Å². The smallest absolute Gasteiger partial charge is 0.00670 e.